The number of nitrogens with zero attached hydrogens (tertiary/aromatic N) is 1. The average Bonchev–Trinajstić information content (AvgIpc) is 2.29. The van der Waals surface area contributed by atoms with Gasteiger partial charge in [0.1, 0.15) is 11.6 Å². The molecule has 0 amide bonds. The zero-order valence-electron chi connectivity index (χ0n) is 8.88. The van der Waals surface area contributed by atoms with Gasteiger partial charge in [0.25, 0.3) is 0 Å². The molecule has 0 aliphatic rings. The molecule has 0 fully saturated rings. The summed E-state index contributed by atoms with van der Waals surface area (Å²) in [6.45, 7) is 1.87. The quantitative estimate of drug-likeness (QED) is 0.763. The summed E-state index contributed by atoms with van der Waals surface area (Å²) in [7, 11) is 0. The fourth-order valence-electron chi connectivity index (χ4n) is 1.24. The highest BCUT2D eigenvalue weighted by atomic mass is 79.9. The summed E-state index contributed by atoms with van der Waals surface area (Å²) in [6, 6.07) is 8.06. The first kappa shape index (κ1) is 12.5. The molecule has 1 heterocycles. The Kier molecular flexibility index (Phi) is 3.79. The van der Waals surface area contributed by atoms with Gasteiger partial charge in [-0.15, -0.1) is 0 Å². The van der Waals surface area contributed by atoms with Gasteiger partial charge in [0.2, 0.25) is 5.88 Å². The van der Waals surface area contributed by atoms with Gasteiger partial charge in [-0.1, -0.05) is 0 Å². The van der Waals surface area contributed by atoms with Crippen LogP contribution in [0.4, 0.5) is 4.39 Å². The molecule has 0 unspecified atom stereocenters. The molecule has 17 heavy (non-hydrogen) atoms. The standard InChI is InChI=1S/C12H8Br2FNO/c1-7-9(13)3-5-12(16-7)17-8-2-4-11(15)10(14)6-8/h2-6H,1H3. The Labute approximate surface area is 115 Å². The lowest BCUT2D eigenvalue weighted by molar-refractivity contribution is 0.459. The molecule has 0 saturated carbocycles. The lowest BCUT2D eigenvalue weighted by atomic mass is 10.3. The van der Waals surface area contributed by atoms with E-state index in [0.29, 0.717) is 16.1 Å². The van der Waals surface area contributed by atoms with Crippen molar-refractivity contribution in [2.75, 3.05) is 0 Å². The van der Waals surface area contributed by atoms with Crippen LogP contribution in [0.1, 0.15) is 5.69 Å². The van der Waals surface area contributed by atoms with Crippen LogP contribution in [0.5, 0.6) is 11.6 Å². The molecule has 0 atom stereocenters. The molecule has 0 N–H and O–H groups in total. The normalized spacial score (nSPS) is 10.4. The van der Waals surface area contributed by atoms with Crippen molar-refractivity contribution in [2.45, 2.75) is 6.92 Å². The highest BCUT2D eigenvalue weighted by molar-refractivity contribution is 9.10. The van der Waals surface area contributed by atoms with Crippen LogP contribution in [0.25, 0.3) is 0 Å². The highest BCUT2D eigenvalue weighted by Crippen LogP contribution is 2.26. The van der Waals surface area contributed by atoms with Crippen molar-refractivity contribution in [2.24, 2.45) is 0 Å². The predicted octanol–water partition coefficient (Wildman–Crippen LogP) is 4.85. The maximum Gasteiger partial charge on any atom is 0.219 e. The van der Waals surface area contributed by atoms with E-state index in [-0.39, 0.29) is 5.82 Å². The predicted molar refractivity (Wildman–Crippen MR) is 70.8 cm³/mol. The van der Waals surface area contributed by atoms with Crippen LogP contribution in [0.2, 0.25) is 0 Å². The van der Waals surface area contributed by atoms with Crippen molar-refractivity contribution in [3.05, 3.63) is 50.8 Å². The van der Waals surface area contributed by atoms with Gasteiger partial charge in [0, 0.05) is 10.5 Å². The maximum atomic E-state index is 13.0. The molecule has 0 aliphatic carbocycles. The molecule has 0 saturated heterocycles. The summed E-state index contributed by atoms with van der Waals surface area (Å²) < 4.78 is 19.8. The monoisotopic (exact) mass is 359 g/mol. The van der Waals surface area contributed by atoms with Gasteiger partial charge in [-0.25, -0.2) is 9.37 Å². The number of hydrogen-bond donors (Lipinski definition) is 0. The van der Waals surface area contributed by atoms with Gasteiger partial charge in [0.15, 0.2) is 0 Å². The summed E-state index contributed by atoms with van der Waals surface area (Å²) in [4.78, 5) is 4.24. The van der Waals surface area contributed by atoms with Gasteiger partial charge in [-0.2, -0.15) is 0 Å². The Hall–Kier alpha value is -0.940. The fourth-order valence-corrected chi connectivity index (χ4v) is 1.82. The number of benzene rings is 1. The zero-order chi connectivity index (χ0) is 12.4. The number of rotatable bonds is 2. The van der Waals surface area contributed by atoms with E-state index in [1.54, 1.807) is 18.2 Å². The van der Waals surface area contributed by atoms with Crippen LogP contribution >= 0.6 is 31.9 Å². The van der Waals surface area contributed by atoms with E-state index in [0.717, 1.165) is 10.2 Å². The Balaban J connectivity index is 2.25. The molecule has 0 radical (unpaired) electrons. The van der Waals surface area contributed by atoms with E-state index >= 15 is 0 Å². The van der Waals surface area contributed by atoms with Gasteiger partial charge in [-0.3, -0.25) is 0 Å². The summed E-state index contributed by atoms with van der Waals surface area (Å²) >= 11 is 6.46. The summed E-state index contributed by atoms with van der Waals surface area (Å²) in [6.07, 6.45) is 0. The molecule has 0 bridgehead atoms. The SMILES string of the molecule is Cc1nc(Oc2ccc(F)c(Br)c2)ccc1Br. The maximum absolute atomic E-state index is 13.0. The molecule has 2 rings (SSSR count). The van der Waals surface area contributed by atoms with Crippen LogP contribution in [-0.4, -0.2) is 4.98 Å². The number of halogens is 3. The third-order valence-corrected chi connectivity index (χ3v) is 3.56. The average molecular weight is 361 g/mol. The number of ether oxygens (including phenoxy) is 1. The van der Waals surface area contributed by atoms with Crippen molar-refractivity contribution in [3.8, 4) is 11.6 Å². The van der Waals surface area contributed by atoms with Crippen LogP contribution in [0, 0.1) is 12.7 Å². The summed E-state index contributed by atoms with van der Waals surface area (Å²) in [5, 5.41) is 0. The summed E-state index contributed by atoms with van der Waals surface area (Å²) in [5.41, 5.74) is 0.837. The largest absolute Gasteiger partial charge is 0.439 e. The molecular weight excluding hydrogens is 353 g/mol. The van der Waals surface area contributed by atoms with Gasteiger partial charge in [-0.05, 0) is 63.0 Å². The lowest BCUT2D eigenvalue weighted by Crippen LogP contribution is -1.91. The second-order valence-electron chi connectivity index (χ2n) is 3.39. The molecule has 2 nitrogen and oxygen atoms in total. The van der Waals surface area contributed by atoms with Crippen LogP contribution in [0.15, 0.2) is 39.3 Å². The van der Waals surface area contributed by atoms with Gasteiger partial charge < -0.3 is 4.74 Å². The summed E-state index contributed by atoms with van der Waals surface area (Å²) in [5.74, 6) is 0.689. The van der Waals surface area contributed by atoms with Crippen molar-refractivity contribution >= 4 is 31.9 Å². The third kappa shape index (κ3) is 3.04. The molecule has 1 aromatic heterocycles. The van der Waals surface area contributed by atoms with Gasteiger partial charge >= 0.3 is 0 Å². The Bertz CT molecular complexity index is 511. The lowest BCUT2D eigenvalue weighted by Gasteiger charge is -2.06. The van der Waals surface area contributed by atoms with Gasteiger partial charge in [0.05, 0.1) is 10.2 Å². The number of aryl methyl sites for hydroxylation is 1. The van der Waals surface area contributed by atoms with Crippen LogP contribution < -0.4 is 4.74 Å². The first-order valence-electron chi connectivity index (χ1n) is 4.82. The molecule has 1 aromatic carbocycles. The van der Waals surface area contributed by atoms with E-state index in [4.69, 9.17) is 4.74 Å². The molecule has 0 spiro atoms. The van der Waals surface area contributed by atoms with E-state index in [1.165, 1.54) is 6.07 Å². The van der Waals surface area contributed by atoms with E-state index < -0.39 is 0 Å². The first-order chi connectivity index (χ1) is 8.06. The smallest absolute Gasteiger partial charge is 0.219 e. The van der Waals surface area contributed by atoms with Crippen LogP contribution in [0.3, 0.4) is 0 Å². The zero-order valence-corrected chi connectivity index (χ0v) is 12.0. The van der Waals surface area contributed by atoms with Crippen molar-refractivity contribution in [1.29, 1.82) is 0 Å². The number of hydrogen-bond acceptors (Lipinski definition) is 2. The Morgan fingerprint density at radius 3 is 2.53 bits per heavy atom. The molecule has 5 heteroatoms. The highest BCUT2D eigenvalue weighted by Gasteiger charge is 2.04. The first-order valence-corrected chi connectivity index (χ1v) is 6.41. The second kappa shape index (κ2) is 5.14. The van der Waals surface area contributed by atoms with Crippen LogP contribution in [-0.2, 0) is 0 Å². The Morgan fingerprint density at radius 1 is 1.12 bits per heavy atom. The van der Waals surface area contributed by atoms with E-state index in [1.807, 2.05) is 13.0 Å². The number of pyridine rings is 1. The Morgan fingerprint density at radius 2 is 1.88 bits per heavy atom. The molecular formula is C12H8Br2FNO. The van der Waals surface area contributed by atoms with E-state index in [9.17, 15) is 4.39 Å². The molecule has 88 valence electrons. The minimum atomic E-state index is -0.322. The third-order valence-electron chi connectivity index (χ3n) is 2.11. The number of aromatic nitrogens is 1. The van der Waals surface area contributed by atoms with Crippen molar-refractivity contribution < 1.29 is 9.13 Å². The van der Waals surface area contributed by atoms with Crippen molar-refractivity contribution in [1.82, 2.24) is 4.98 Å². The van der Waals surface area contributed by atoms with E-state index in [2.05, 4.69) is 36.8 Å². The second-order valence-corrected chi connectivity index (χ2v) is 5.10. The molecule has 0 aliphatic heterocycles. The fraction of sp³-hybridized carbons (Fsp3) is 0.0833. The molecule has 2 aromatic rings. The minimum absolute atomic E-state index is 0.322. The minimum Gasteiger partial charge on any atom is -0.439 e. The topological polar surface area (TPSA) is 22.1 Å². The van der Waals surface area contributed by atoms with Crippen molar-refractivity contribution in [3.63, 3.8) is 0 Å².